The van der Waals surface area contributed by atoms with Crippen LogP contribution in [0.1, 0.15) is 24.0 Å². The number of hydrogen-bond donors (Lipinski definition) is 1. The van der Waals surface area contributed by atoms with Gasteiger partial charge >= 0.3 is 0 Å². The average molecular weight is 352 g/mol. The van der Waals surface area contributed by atoms with Crippen molar-refractivity contribution >= 4 is 11.6 Å². The summed E-state index contributed by atoms with van der Waals surface area (Å²) in [7, 11) is 0. The van der Waals surface area contributed by atoms with Crippen LogP contribution in [0.25, 0.3) is 0 Å². The molecule has 2 heterocycles. The third kappa shape index (κ3) is 3.77. The van der Waals surface area contributed by atoms with Crippen molar-refractivity contribution in [1.29, 1.82) is 0 Å². The second-order valence-corrected chi connectivity index (χ2v) is 7.03. The first-order valence-corrected chi connectivity index (χ1v) is 9.17. The van der Waals surface area contributed by atoms with Crippen LogP contribution in [0.3, 0.4) is 0 Å². The average Bonchev–Trinajstić information content (AvgIpc) is 3.10. The van der Waals surface area contributed by atoms with Gasteiger partial charge in [-0.3, -0.25) is 4.79 Å². The van der Waals surface area contributed by atoms with Crippen LogP contribution in [0.15, 0.2) is 42.5 Å². The maximum atomic E-state index is 12.4. The highest BCUT2D eigenvalue weighted by atomic mass is 16.7. The molecule has 26 heavy (non-hydrogen) atoms. The zero-order valence-electron chi connectivity index (χ0n) is 15.0. The minimum absolute atomic E-state index is 0.0675. The molecule has 1 fully saturated rings. The maximum absolute atomic E-state index is 12.4. The lowest BCUT2D eigenvalue weighted by atomic mass is 10.0. The van der Waals surface area contributed by atoms with Crippen molar-refractivity contribution in [3.05, 3.63) is 53.6 Å². The van der Waals surface area contributed by atoms with Crippen molar-refractivity contribution in [3.63, 3.8) is 0 Å². The summed E-state index contributed by atoms with van der Waals surface area (Å²) in [6.07, 6.45) is 2.32. The monoisotopic (exact) mass is 352 g/mol. The lowest BCUT2D eigenvalue weighted by molar-refractivity contribution is -0.121. The van der Waals surface area contributed by atoms with Crippen molar-refractivity contribution in [2.45, 2.75) is 32.2 Å². The molecule has 0 aromatic heterocycles. The molecule has 2 aromatic carbocycles. The molecule has 5 heteroatoms. The molecule has 0 saturated carbocycles. The normalized spacial score (nSPS) is 16.6. The van der Waals surface area contributed by atoms with Gasteiger partial charge in [-0.1, -0.05) is 18.2 Å². The third-order valence-electron chi connectivity index (χ3n) is 5.03. The van der Waals surface area contributed by atoms with Gasteiger partial charge in [-0.05, 0) is 55.2 Å². The Labute approximate surface area is 153 Å². The van der Waals surface area contributed by atoms with Crippen LogP contribution in [-0.2, 0) is 11.2 Å². The number of fused-ring (bicyclic) bond motifs is 1. The van der Waals surface area contributed by atoms with Crippen LogP contribution >= 0.6 is 0 Å². The Morgan fingerprint density at radius 2 is 1.92 bits per heavy atom. The Morgan fingerprint density at radius 1 is 1.12 bits per heavy atom. The Morgan fingerprint density at radius 3 is 2.73 bits per heavy atom. The Kier molecular flexibility index (Phi) is 4.69. The second kappa shape index (κ2) is 7.28. The number of anilines is 1. The van der Waals surface area contributed by atoms with Crippen molar-refractivity contribution in [1.82, 2.24) is 5.32 Å². The van der Waals surface area contributed by atoms with Crippen LogP contribution < -0.4 is 19.7 Å². The molecule has 136 valence electrons. The first kappa shape index (κ1) is 16.8. The first-order chi connectivity index (χ1) is 12.7. The molecule has 0 radical (unpaired) electrons. The molecule has 5 nitrogen and oxygen atoms in total. The molecule has 2 aliphatic heterocycles. The quantitative estimate of drug-likeness (QED) is 0.919. The van der Waals surface area contributed by atoms with E-state index in [0.29, 0.717) is 6.42 Å². The summed E-state index contributed by atoms with van der Waals surface area (Å²) < 4.78 is 10.7. The smallest absolute Gasteiger partial charge is 0.231 e. The second-order valence-electron chi connectivity index (χ2n) is 7.03. The van der Waals surface area contributed by atoms with Gasteiger partial charge in [-0.2, -0.15) is 0 Å². The zero-order chi connectivity index (χ0) is 17.9. The van der Waals surface area contributed by atoms with Crippen molar-refractivity contribution < 1.29 is 14.3 Å². The molecule has 2 aliphatic rings. The van der Waals surface area contributed by atoms with Crippen LogP contribution in [0.4, 0.5) is 5.69 Å². The fraction of sp³-hybridized carbons (Fsp3) is 0.381. The number of amides is 1. The summed E-state index contributed by atoms with van der Waals surface area (Å²) in [5.41, 5.74) is 3.50. The molecule has 4 rings (SSSR count). The van der Waals surface area contributed by atoms with Gasteiger partial charge < -0.3 is 19.7 Å². The van der Waals surface area contributed by atoms with Gasteiger partial charge in [0.1, 0.15) is 0 Å². The van der Waals surface area contributed by atoms with E-state index in [9.17, 15) is 4.79 Å². The fourth-order valence-electron chi connectivity index (χ4n) is 3.62. The van der Waals surface area contributed by atoms with E-state index in [1.54, 1.807) is 0 Å². The predicted molar refractivity (Wildman–Crippen MR) is 101 cm³/mol. The molecule has 0 atom stereocenters. The summed E-state index contributed by atoms with van der Waals surface area (Å²) in [5.74, 6) is 1.54. The van der Waals surface area contributed by atoms with Gasteiger partial charge in [0.25, 0.3) is 0 Å². The molecule has 0 unspecified atom stereocenters. The minimum atomic E-state index is 0.0675. The summed E-state index contributed by atoms with van der Waals surface area (Å²) in [5, 5.41) is 3.18. The molecule has 1 N–H and O–H groups in total. The molecule has 1 saturated heterocycles. The highest BCUT2D eigenvalue weighted by molar-refractivity contribution is 5.79. The van der Waals surface area contributed by atoms with Crippen molar-refractivity contribution in [3.8, 4) is 11.5 Å². The Hall–Kier alpha value is -2.69. The number of nitrogens with zero attached hydrogens (tertiary/aromatic N) is 1. The number of piperidine rings is 1. The van der Waals surface area contributed by atoms with E-state index in [4.69, 9.17) is 9.47 Å². The number of nitrogens with one attached hydrogen (secondary N) is 1. The lowest BCUT2D eigenvalue weighted by Gasteiger charge is -2.34. The molecular weight excluding hydrogens is 328 g/mol. The number of aryl methyl sites for hydroxylation is 1. The molecule has 2 aromatic rings. The van der Waals surface area contributed by atoms with E-state index in [-0.39, 0.29) is 18.7 Å². The Bertz CT molecular complexity index is 798. The number of hydrogen-bond acceptors (Lipinski definition) is 4. The van der Waals surface area contributed by atoms with Gasteiger partial charge in [0, 0.05) is 24.8 Å². The summed E-state index contributed by atoms with van der Waals surface area (Å²) in [6, 6.07) is 14.5. The van der Waals surface area contributed by atoms with Gasteiger partial charge in [0.15, 0.2) is 11.5 Å². The zero-order valence-corrected chi connectivity index (χ0v) is 15.0. The minimum Gasteiger partial charge on any atom is -0.454 e. The molecular formula is C21H24N2O3. The number of carbonyl (C=O) groups is 1. The van der Waals surface area contributed by atoms with Crippen LogP contribution in [0, 0.1) is 6.92 Å². The molecule has 0 aliphatic carbocycles. The SMILES string of the molecule is Cc1cccc(N2CCC(NC(=O)Cc3ccc4c(c3)OCO4)CC2)c1. The van der Waals surface area contributed by atoms with E-state index in [1.165, 1.54) is 11.3 Å². The van der Waals surface area contributed by atoms with Gasteiger partial charge in [-0.15, -0.1) is 0 Å². The van der Waals surface area contributed by atoms with E-state index >= 15 is 0 Å². The highest BCUT2D eigenvalue weighted by Gasteiger charge is 2.21. The fourth-order valence-corrected chi connectivity index (χ4v) is 3.62. The van der Waals surface area contributed by atoms with Gasteiger partial charge in [-0.25, -0.2) is 0 Å². The first-order valence-electron chi connectivity index (χ1n) is 9.17. The Balaban J connectivity index is 1.28. The van der Waals surface area contributed by atoms with Crippen LogP contribution in [0.2, 0.25) is 0 Å². The van der Waals surface area contributed by atoms with E-state index in [1.807, 2.05) is 18.2 Å². The lowest BCUT2D eigenvalue weighted by Crippen LogP contribution is -2.45. The van der Waals surface area contributed by atoms with Crippen LogP contribution in [0.5, 0.6) is 11.5 Å². The number of carbonyl (C=O) groups excluding carboxylic acids is 1. The predicted octanol–water partition coefficient (Wildman–Crippen LogP) is 3.05. The largest absolute Gasteiger partial charge is 0.454 e. The number of ether oxygens (including phenoxy) is 2. The third-order valence-corrected chi connectivity index (χ3v) is 5.03. The van der Waals surface area contributed by atoms with Crippen molar-refractivity contribution in [2.24, 2.45) is 0 Å². The summed E-state index contributed by atoms with van der Waals surface area (Å²) >= 11 is 0. The number of benzene rings is 2. The molecule has 1 amide bonds. The standard InChI is InChI=1S/C21H24N2O3/c1-15-3-2-4-18(11-15)23-9-7-17(8-10-23)22-21(24)13-16-5-6-19-20(12-16)26-14-25-19/h2-6,11-12,17H,7-10,13-14H2,1H3,(H,22,24). The van der Waals surface area contributed by atoms with Crippen molar-refractivity contribution in [2.75, 3.05) is 24.8 Å². The number of rotatable bonds is 4. The maximum Gasteiger partial charge on any atom is 0.231 e. The molecule has 0 spiro atoms. The topological polar surface area (TPSA) is 50.8 Å². The summed E-state index contributed by atoms with van der Waals surface area (Å²) in [6.45, 7) is 4.31. The summed E-state index contributed by atoms with van der Waals surface area (Å²) in [4.78, 5) is 14.8. The van der Waals surface area contributed by atoms with Gasteiger partial charge in [0.2, 0.25) is 12.7 Å². The van der Waals surface area contributed by atoms with Crippen LogP contribution in [-0.4, -0.2) is 31.8 Å². The van der Waals surface area contributed by atoms with Gasteiger partial charge in [0.05, 0.1) is 6.42 Å². The molecule has 0 bridgehead atoms. The van der Waals surface area contributed by atoms with E-state index in [2.05, 4.69) is 41.4 Å². The van der Waals surface area contributed by atoms with E-state index in [0.717, 1.165) is 43.0 Å². The van der Waals surface area contributed by atoms with E-state index < -0.39 is 0 Å². The highest BCUT2D eigenvalue weighted by Crippen LogP contribution is 2.32.